The van der Waals surface area contributed by atoms with Gasteiger partial charge in [0.25, 0.3) is 0 Å². The third kappa shape index (κ3) is 2.40. The molecule has 1 nitrogen and oxygen atoms in total. The summed E-state index contributed by atoms with van der Waals surface area (Å²) in [6.07, 6.45) is 0.849. The van der Waals surface area contributed by atoms with E-state index < -0.39 is 0 Å². The molecule has 4 aromatic carbocycles. The molecule has 120 valence electrons. The van der Waals surface area contributed by atoms with Gasteiger partial charge in [0.1, 0.15) is 5.58 Å². The monoisotopic (exact) mass is 342 g/mol. The summed E-state index contributed by atoms with van der Waals surface area (Å²) in [4.78, 5) is 0. The second-order valence-corrected chi connectivity index (χ2v) is 6.77. The van der Waals surface area contributed by atoms with Crippen molar-refractivity contribution in [1.82, 2.24) is 0 Å². The summed E-state index contributed by atoms with van der Waals surface area (Å²) >= 11 is 6.39. The van der Waals surface area contributed by atoms with E-state index in [1.54, 1.807) is 0 Å². The average molecular weight is 343 g/mol. The van der Waals surface area contributed by atoms with Gasteiger partial charge in [0.05, 0.1) is 5.02 Å². The molecule has 0 radical (unpaired) electrons. The van der Waals surface area contributed by atoms with E-state index >= 15 is 0 Å². The Labute approximate surface area is 150 Å². The van der Waals surface area contributed by atoms with Crippen molar-refractivity contribution in [1.29, 1.82) is 0 Å². The fourth-order valence-electron chi connectivity index (χ4n) is 3.58. The molecular weight excluding hydrogens is 328 g/mol. The van der Waals surface area contributed by atoms with Crippen LogP contribution in [-0.2, 0) is 6.42 Å². The maximum atomic E-state index is 6.39. The number of furan rings is 1. The molecule has 0 amide bonds. The predicted molar refractivity (Wildman–Crippen MR) is 105 cm³/mol. The van der Waals surface area contributed by atoms with Crippen molar-refractivity contribution in [2.24, 2.45) is 0 Å². The molecule has 0 aliphatic rings. The molecule has 1 aromatic heterocycles. The topological polar surface area (TPSA) is 13.1 Å². The van der Waals surface area contributed by atoms with Crippen molar-refractivity contribution >= 4 is 44.3 Å². The number of para-hydroxylation sites is 1. The fourth-order valence-corrected chi connectivity index (χ4v) is 3.78. The number of fused-ring (bicyclic) bond motifs is 4. The zero-order chi connectivity index (χ0) is 16.8. The Morgan fingerprint density at radius 3 is 2.48 bits per heavy atom. The first-order valence-electron chi connectivity index (χ1n) is 8.36. The van der Waals surface area contributed by atoms with Crippen molar-refractivity contribution in [2.75, 3.05) is 0 Å². The number of hydrogen-bond donors (Lipinski definition) is 0. The van der Waals surface area contributed by atoms with Gasteiger partial charge >= 0.3 is 0 Å². The van der Waals surface area contributed by atoms with Crippen LogP contribution < -0.4 is 0 Å². The number of benzene rings is 4. The SMILES string of the molecule is Clc1ccc(Cc2ccc3ccccc3c2)c2c1oc1ccccc12. The smallest absolute Gasteiger partial charge is 0.154 e. The molecule has 0 unspecified atom stereocenters. The van der Waals surface area contributed by atoms with Crippen LogP contribution in [0.1, 0.15) is 11.1 Å². The van der Waals surface area contributed by atoms with Gasteiger partial charge in [0.2, 0.25) is 0 Å². The lowest BCUT2D eigenvalue weighted by Crippen LogP contribution is -1.90. The minimum atomic E-state index is 0.661. The second kappa shape index (κ2) is 5.65. The normalized spacial score (nSPS) is 11.6. The highest BCUT2D eigenvalue weighted by molar-refractivity contribution is 6.36. The summed E-state index contributed by atoms with van der Waals surface area (Å²) in [5.41, 5.74) is 4.18. The van der Waals surface area contributed by atoms with Crippen LogP contribution in [0.25, 0.3) is 32.7 Å². The van der Waals surface area contributed by atoms with Gasteiger partial charge in [-0.1, -0.05) is 78.3 Å². The van der Waals surface area contributed by atoms with Gasteiger partial charge < -0.3 is 4.42 Å². The quantitative estimate of drug-likeness (QED) is 0.337. The van der Waals surface area contributed by atoms with Crippen molar-refractivity contribution in [3.63, 3.8) is 0 Å². The molecule has 5 rings (SSSR count). The Bertz CT molecular complexity index is 1230. The lowest BCUT2D eigenvalue weighted by atomic mass is 9.98. The zero-order valence-electron chi connectivity index (χ0n) is 13.5. The summed E-state index contributed by atoms with van der Waals surface area (Å²) in [7, 11) is 0. The lowest BCUT2D eigenvalue weighted by Gasteiger charge is -2.07. The van der Waals surface area contributed by atoms with Gasteiger partial charge in [-0.25, -0.2) is 0 Å². The van der Waals surface area contributed by atoms with Gasteiger partial charge in [-0.3, -0.25) is 0 Å². The molecule has 0 aliphatic carbocycles. The highest BCUT2D eigenvalue weighted by Crippen LogP contribution is 2.36. The first kappa shape index (κ1) is 14.6. The zero-order valence-corrected chi connectivity index (χ0v) is 14.3. The first-order valence-corrected chi connectivity index (χ1v) is 8.74. The second-order valence-electron chi connectivity index (χ2n) is 6.37. The van der Waals surface area contributed by atoms with Crippen molar-refractivity contribution in [3.8, 4) is 0 Å². The van der Waals surface area contributed by atoms with E-state index in [1.807, 2.05) is 24.3 Å². The van der Waals surface area contributed by atoms with Crippen LogP contribution in [0.2, 0.25) is 5.02 Å². The molecule has 5 aromatic rings. The molecule has 0 spiro atoms. The molecule has 2 heteroatoms. The van der Waals surface area contributed by atoms with Crippen LogP contribution in [0.5, 0.6) is 0 Å². The Morgan fingerprint density at radius 2 is 1.56 bits per heavy atom. The molecule has 0 saturated heterocycles. The first-order chi connectivity index (χ1) is 12.3. The van der Waals surface area contributed by atoms with E-state index in [0.29, 0.717) is 5.02 Å². The van der Waals surface area contributed by atoms with Crippen LogP contribution in [0.3, 0.4) is 0 Å². The largest absolute Gasteiger partial charge is 0.454 e. The Kier molecular flexibility index (Phi) is 3.29. The number of halogens is 1. The van der Waals surface area contributed by atoms with Crippen molar-refractivity contribution in [3.05, 3.63) is 95.0 Å². The minimum absolute atomic E-state index is 0.661. The van der Waals surface area contributed by atoms with Crippen molar-refractivity contribution in [2.45, 2.75) is 6.42 Å². The van der Waals surface area contributed by atoms with Gasteiger partial charge in [-0.05, 0) is 40.5 Å². The summed E-state index contributed by atoms with van der Waals surface area (Å²) in [5, 5.41) is 5.43. The summed E-state index contributed by atoms with van der Waals surface area (Å²) < 4.78 is 6.00. The Balaban J connectivity index is 1.70. The highest BCUT2D eigenvalue weighted by atomic mass is 35.5. The summed E-state index contributed by atoms with van der Waals surface area (Å²) in [6.45, 7) is 0. The number of rotatable bonds is 2. The molecule has 0 fully saturated rings. The lowest BCUT2D eigenvalue weighted by molar-refractivity contribution is 0.669. The van der Waals surface area contributed by atoms with E-state index in [-0.39, 0.29) is 0 Å². The molecule has 0 aliphatic heterocycles. The van der Waals surface area contributed by atoms with E-state index in [0.717, 1.165) is 28.4 Å². The molecular formula is C23H15ClO. The van der Waals surface area contributed by atoms with Crippen LogP contribution in [0.15, 0.2) is 83.3 Å². The maximum Gasteiger partial charge on any atom is 0.154 e. The average Bonchev–Trinajstić information content (AvgIpc) is 3.05. The molecule has 1 heterocycles. The van der Waals surface area contributed by atoms with Gasteiger partial charge in [-0.2, -0.15) is 0 Å². The standard InChI is InChI=1S/C23H15ClO/c24-20-12-11-18(22-19-7-3-4-8-21(19)25-23(20)22)14-15-9-10-16-5-1-2-6-17(16)13-15/h1-13H,14H2. The third-order valence-electron chi connectivity index (χ3n) is 4.77. The van der Waals surface area contributed by atoms with Crippen LogP contribution in [0.4, 0.5) is 0 Å². The third-order valence-corrected chi connectivity index (χ3v) is 5.07. The fraction of sp³-hybridized carbons (Fsp3) is 0.0435. The predicted octanol–water partition coefficient (Wildman–Crippen LogP) is 6.98. The maximum absolute atomic E-state index is 6.39. The van der Waals surface area contributed by atoms with E-state index in [9.17, 15) is 0 Å². The van der Waals surface area contributed by atoms with Crippen LogP contribution in [0, 0.1) is 0 Å². The van der Waals surface area contributed by atoms with E-state index in [4.69, 9.17) is 16.0 Å². The Hall–Kier alpha value is -2.77. The van der Waals surface area contributed by atoms with Gasteiger partial charge in [0, 0.05) is 10.8 Å². The Morgan fingerprint density at radius 1 is 0.760 bits per heavy atom. The molecule has 25 heavy (non-hydrogen) atoms. The highest BCUT2D eigenvalue weighted by Gasteiger charge is 2.14. The van der Waals surface area contributed by atoms with Crippen molar-refractivity contribution < 1.29 is 4.42 Å². The molecule has 0 N–H and O–H groups in total. The number of hydrogen-bond acceptors (Lipinski definition) is 1. The van der Waals surface area contributed by atoms with Crippen LogP contribution in [-0.4, -0.2) is 0 Å². The molecule has 0 atom stereocenters. The minimum Gasteiger partial charge on any atom is -0.454 e. The summed E-state index contributed by atoms with van der Waals surface area (Å²) in [5.74, 6) is 0. The van der Waals surface area contributed by atoms with Crippen LogP contribution >= 0.6 is 11.6 Å². The molecule has 0 bridgehead atoms. The van der Waals surface area contributed by atoms with E-state index in [2.05, 4.69) is 54.6 Å². The molecule has 0 saturated carbocycles. The summed E-state index contributed by atoms with van der Waals surface area (Å²) in [6, 6.07) is 27.3. The van der Waals surface area contributed by atoms with E-state index in [1.165, 1.54) is 21.9 Å². The van der Waals surface area contributed by atoms with Gasteiger partial charge in [0.15, 0.2) is 5.58 Å². The van der Waals surface area contributed by atoms with Gasteiger partial charge in [-0.15, -0.1) is 0 Å².